The average Bonchev–Trinajstić information content (AvgIpc) is 2.66. The topological polar surface area (TPSA) is 134 Å². The predicted molar refractivity (Wildman–Crippen MR) is 95.1 cm³/mol. The van der Waals surface area contributed by atoms with Crippen molar-refractivity contribution in [3.8, 4) is 23.0 Å². The van der Waals surface area contributed by atoms with Gasteiger partial charge in [-0.15, -0.1) is 0 Å². The molecule has 28 heavy (non-hydrogen) atoms. The summed E-state index contributed by atoms with van der Waals surface area (Å²) >= 11 is 0. The first-order valence-corrected chi connectivity index (χ1v) is 7.84. The van der Waals surface area contributed by atoms with Gasteiger partial charge >= 0.3 is 6.16 Å². The lowest BCUT2D eigenvalue weighted by Gasteiger charge is -2.11. The third-order valence-corrected chi connectivity index (χ3v) is 3.68. The third-order valence-electron chi connectivity index (χ3n) is 3.68. The van der Waals surface area contributed by atoms with Gasteiger partial charge in [-0.2, -0.15) is 0 Å². The number of hydrogen-bond acceptors (Lipinski definition) is 9. The SMILES string of the molecule is COc1cc(COC(=O)Oc2ccc(O)c(C(C)=O)c2)c([N+](=O)[O-])cc1OC. The predicted octanol–water partition coefficient (Wildman–Crippen LogP) is 3.24. The number of carbonyl (C=O) groups is 2. The van der Waals surface area contributed by atoms with E-state index in [1.165, 1.54) is 45.4 Å². The minimum atomic E-state index is -1.15. The summed E-state index contributed by atoms with van der Waals surface area (Å²) in [6, 6.07) is 6.11. The number of nitro benzene ring substituents is 1. The molecule has 0 aliphatic rings. The van der Waals surface area contributed by atoms with Gasteiger partial charge in [0, 0.05) is 0 Å². The Morgan fingerprint density at radius 3 is 2.32 bits per heavy atom. The molecule has 0 aromatic heterocycles. The van der Waals surface area contributed by atoms with Crippen LogP contribution in [0.15, 0.2) is 30.3 Å². The van der Waals surface area contributed by atoms with Crippen LogP contribution in [0.2, 0.25) is 0 Å². The van der Waals surface area contributed by atoms with Crippen molar-refractivity contribution in [3.63, 3.8) is 0 Å². The first-order valence-electron chi connectivity index (χ1n) is 7.84. The molecule has 148 valence electrons. The standard InChI is InChI=1S/C18H17NO9/c1-10(20)13-7-12(4-5-15(13)21)28-18(22)27-9-11-6-16(25-2)17(26-3)8-14(11)19(23)24/h4-8,21H,9H2,1-3H3. The van der Waals surface area contributed by atoms with Crippen LogP contribution in [0.4, 0.5) is 10.5 Å². The van der Waals surface area contributed by atoms with Crippen molar-refractivity contribution in [3.05, 3.63) is 51.6 Å². The molecule has 2 aromatic rings. The first kappa shape index (κ1) is 20.5. The van der Waals surface area contributed by atoms with Crippen molar-refractivity contribution >= 4 is 17.6 Å². The number of rotatable bonds is 7. The number of ketones is 1. The minimum Gasteiger partial charge on any atom is -0.507 e. The van der Waals surface area contributed by atoms with Crippen molar-refractivity contribution < 1.29 is 38.6 Å². The van der Waals surface area contributed by atoms with Gasteiger partial charge in [-0.25, -0.2) is 4.79 Å². The number of phenolic OH excluding ortho intramolecular Hbond substituents is 1. The molecule has 0 spiro atoms. The van der Waals surface area contributed by atoms with Crippen LogP contribution in [0.1, 0.15) is 22.8 Å². The quantitative estimate of drug-likeness (QED) is 0.248. The van der Waals surface area contributed by atoms with Crippen LogP contribution >= 0.6 is 0 Å². The molecule has 0 bridgehead atoms. The molecule has 0 saturated heterocycles. The molecule has 0 aliphatic carbocycles. The number of phenols is 1. The minimum absolute atomic E-state index is 0.0270. The summed E-state index contributed by atoms with van der Waals surface area (Å²) in [6.45, 7) is 0.778. The van der Waals surface area contributed by atoms with Gasteiger partial charge in [0.05, 0.1) is 36.3 Å². The monoisotopic (exact) mass is 391 g/mol. The normalized spacial score (nSPS) is 10.1. The van der Waals surface area contributed by atoms with Gasteiger partial charge in [-0.3, -0.25) is 14.9 Å². The van der Waals surface area contributed by atoms with Gasteiger partial charge in [-0.1, -0.05) is 0 Å². The third kappa shape index (κ3) is 4.67. The summed E-state index contributed by atoms with van der Waals surface area (Å²) < 4.78 is 20.0. The summed E-state index contributed by atoms with van der Waals surface area (Å²) in [5.74, 6) is -0.327. The molecule has 0 aliphatic heterocycles. The maximum Gasteiger partial charge on any atom is 0.514 e. The van der Waals surface area contributed by atoms with E-state index in [0.717, 1.165) is 6.07 Å². The molecule has 1 N–H and O–H groups in total. The number of nitrogens with zero attached hydrogens (tertiary/aromatic N) is 1. The van der Waals surface area contributed by atoms with Crippen LogP contribution < -0.4 is 14.2 Å². The molecule has 0 atom stereocenters. The van der Waals surface area contributed by atoms with Crippen molar-refractivity contribution in [1.29, 1.82) is 0 Å². The van der Waals surface area contributed by atoms with E-state index in [1.54, 1.807) is 0 Å². The van der Waals surface area contributed by atoms with E-state index in [2.05, 4.69) is 0 Å². The molecule has 0 saturated carbocycles. The molecule has 0 heterocycles. The highest BCUT2D eigenvalue weighted by Crippen LogP contribution is 2.35. The van der Waals surface area contributed by atoms with E-state index in [0.29, 0.717) is 0 Å². The van der Waals surface area contributed by atoms with Gasteiger partial charge in [0.1, 0.15) is 18.1 Å². The maximum atomic E-state index is 11.9. The molecule has 0 unspecified atom stereocenters. The molecule has 10 heteroatoms. The molecule has 0 amide bonds. The molecule has 2 aromatic carbocycles. The highest BCUT2D eigenvalue weighted by molar-refractivity contribution is 5.97. The van der Waals surface area contributed by atoms with E-state index in [1.807, 2.05) is 0 Å². The lowest BCUT2D eigenvalue weighted by atomic mass is 10.1. The second kappa shape index (κ2) is 8.71. The first-order chi connectivity index (χ1) is 13.3. The Morgan fingerprint density at radius 1 is 1.11 bits per heavy atom. The number of carbonyl (C=O) groups excluding carboxylic acids is 2. The van der Waals surface area contributed by atoms with Gasteiger partial charge in [0.25, 0.3) is 5.69 Å². The molecular formula is C18H17NO9. The van der Waals surface area contributed by atoms with Crippen molar-refractivity contribution in [2.45, 2.75) is 13.5 Å². The van der Waals surface area contributed by atoms with E-state index >= 15 is 0 Å². The zero-order chi connectivity index (χ0) is 20.8. The largest absolute Gasteiger partial charge is 0.514 e. The van der Waals surface area contributed by atoms with E-state index < -0.39 is 23.5 Å². The lowest BCUT2D eigenvalue weighted by molar-refractivity contribution is -0.385. The van der Waals surface area contributed by atoms with Gasteiger partial charge in [0.15, 0.2) is 17.3 Å². The number of Topliss-reactive ketones (excluding diaryl/α,β-unsaturated/α-hetero) is 1. The Balaban J connectivity index is 2.15. The number of aromatic hydroxyl groups is 1. The van der Waals surface area contributed by atoms with E-state index in [9.17, 15) is 24.8 Å². The fourth-order valence-electron chi connectivity index (χ4n) is 2.32. The highest BCUT2D eigenvalue weighted by atomic mass is 16.7. The second-order valence-electron chi connectivity index (χ2n) is 5.47. The van der Waals surface area contributed by atoms with Crippen LogP contribution in [0.3, 0.4) is 0 Å². The van der Waals surface area contributed by atoms with Gasteiger partial charge < -0.3 is 24.1 Å². The van der Waals surface area contributed by atoms with Gasteiger partial charge in [-0.05, 0) is 31.2 Å². The number of benzene rings is 2. The lowest BCUT2D eigenvalue weighted by Crippen LogP contribution is -2.12. The van der Waals surface area contributed by atoms with Crippen LogP contribution in [0.25, 0.3) is 0 Å². The average molecular weight is 391 g/mol. The summed E-state index contributed by atoms with van der Waals surface area (Å²) in [4.78, 5) is 33.9. The van der Waals surface area contributed by atoms with Crippen LogP contribution in [0.5, 0.6) is 23.0 Å². The Bertz CT molecular complexity index is 924. The Hall–Kier alpha value is -3.82. The van der Waals surface area contributed by atoms with Crippen LogP contribution in [0, 0.1) is 10.1 Å². The summed E-state index contributed by atoms with van der Waals surface area (Å²) in [7, 11) is 2.70. The van der Waals surface area contributed by atoms with Gasteiger partial charge in [0.2, 0.25) is 0 Å². The van der Waals surface area contributed by atoms with Crippen molar-refractivity contribution in [1.82, 2.24) is 0 Å². The smallest absolute Gasteiger partial charge is 0.507 e. The number of nitro groups is 1. The molecule has 2 rings (SSSR count). The second-order valence-corrected chi connectivity index (χ2v) is 5.47. The fourth-order valence-corrected chi connectivity index (χ4v) is 2.32. The van der Waals surface area contributed by atoms with Crippen LogP contribution in [-0.2, 0) is 11.3 Å². The highest BCUT2D eigenvalue weighted by Gasteiger charge is 2.21. The Kier molecular flexibility index (Phi) is 6.38. The Morgan fingerprint density at radius 2 is 1.75 bits per heavy atom. The summed E-state index contributed by atoms with van der Waals surface area (Å²) in [5, 5.41) is 20.8. The number of hydrogen-bond donors (Lipinski definition) is 1. The van der Waals surface area contributed by atoms with Crippen LogP contribution in [-0.4, -0.2) is 36.2 Å². The fraction of sp³-hybridized carbons (Fsp3) is 0.222. The Labute approximate surface area is 159 Å². The summed E-state index contributed by atoms with van der Waals surface area (Å²) in [5.41, 5.74) is -0.287. The zero-order valence-corrected chi connectivity index (χ0v) is 15.3. The van der Waals surface area contributed by atoms with Crippen molar-refractivity contribution in [2.24, 2.45) is 0 Å². The number of ether oxygens (including phenoxy) is 4. The van der Waals surface area contributed by atoms with E-state index in [4.69, 9.17) is 18.9 Å². The molecule has 0 radical (unpaired) electrons. The maximum absolute atomic E-state index is 11.9. The zero-order valence-electron chi connectivity index (χ0n) is 15.3. The van der Waals surface area contributed by atoms with E-state index in [-0.39, 0.29) is 39.8 Å². The molecular weight excluding hydrogens is 374 g/mol. The van der Waals surface area contributed by atoms with Crippen molar-refractivity contribution in [2.75, 3.05) is 14.2 Å². The molecule has 10 nitrogen and oxygen atoms in total. The number of methoxy groups -OCH3 is 2. The molecule has 0 fully saturated rings. The summed E-state index contributed by atoms with van der Waals surface area (Å²) in [6.07, 6.45) is -1.15.